The first kappa shape index (κ1) is 19.9. The lowest BCUT2D eigenvalue weighted by Crippen LogP contribution is -2.27. The zero-order valence-electron chi connectivity index (χ0n) is 16.2. The molecule has 1 saturated heterocycles. The number of likely N-dealkylation sites (tertiary alicyclic amines) is 1. The summed E-state index contributed by atoms with van der Waals surface area (Å²) in [5, 5.41) is 12.5. The van der Waals surface area contributed by atoms with Gasteiger partial charge in [-0.3, -0.25) is 10.2 Å². The van der Waals surface area contributed by atoms with Gasteiger partial charge in [-0.25, -0.2) is 0 Å². The number of nitrogens with zero attached hydrogens (tertiary/aromatic N) is 2. The number of halogens is 1. The monoisotopic (exact) mass is 427 g/mol. The van der Waals surface area contributed by atoms with Crippen molar-refractivity contribution in [3.8, 4) is 11.3 Å². The van der Waals surface area contributed by atoms with Crippen LogP contribution < -0.4 is 0 Å². The van der Waals surface area contributed by atoms with Crippen molar-refractivity contribution >= 4 is 34.6 Å². The summed E-state index contributed by atoms with van der Waals surface area (Å²) in [7, 11) is 0. The van der Waals surface area contributed by atoms with Crippen molar-refractivity contribution in [3.63, 3.8) is 0 Å². The summed E-state index contributed by atoms with van der Waals surface area (Å²) in [6.07, 6.45) is 2.65. The van der Waals surface area contributed by atoms with Crippen molar-refractivity contribution in [1.82, 2.24) is 10.1 Å². The third-order valence-electron chi connectivity index (χ3n) is 5.23. The van der Waals surface area contributed by atoms with Crippen LogP contribution in [-0.4, -0.2) is 34.8 Å². The fraction of sp³-hybridized carbons (Fsp3) is 0.318. The second-order valence-electron chi connectivity index (χ2n) is 7.37. The third-order valence-corrected chi connectivity index (χ3v) is 6.50. The molecule has 4 rings (SSSR count). The first-order valence-corrected chi connectivity index (χ1v) is 10.9. The van der Waals surface area contributed by atoms with Gasteiger partial charge in [-0.2, -0.15) is 0 Å². The molecule has 0 saturated carbocycles. The lowest BCUT2D eigenvalue weighted by atomic mass is 10.00. The van der Waals surface area contributed by atoms with Crippen LogP contribution in [0.3, 0.4) is 0 Å². The predicted molar refractivity (Wildman–Crippen MR) is 116 cm³/mol. The molecule has 0 unspecified atom stereocenters. The van der Waals surface area contributed by atoms with Crippen molar-refractivity contribution in [3.05, 3.63) is 63.0 Å². The van der Waals surface area contributed by atoms with E-state index in [2.05, 4.69) is 10.1 Å². The molecule has 150 valence electrons. The van der Waals surface area contributed by atoms with E-state index in [1.165, 1.54) is 11.3 Å². The number of aromatic nitrogens is 1. The average molecular weight is 428 g/mol. The number of rotatable bonds is 6. The van der Waals surface area contributed by atoms with Gasteiger partial charge in [0, 0.05) is 42.6 Å². The van der Waals surface area contributed by atoms with Crippen molar-refractivity contribution in [2.24, 2.45) is 0 Å². The third kappa shape index (κ3) is 4.43. The number of hydrogen-bond acceptors (Lipinski definition) is 5. The van der Waals surface area contributed by atoms with E-state index in [0.29, 0.717) is 27.2 Å². The van der Waals surface area contributed by atoms with E-state index >= 15 is 0 Å². The number of thiophene rings is 1. The summed E-state index contributed by atoms with van der Waals surface area (Å²) in [4.78, 5) is 15.2. The Hall–Kier alpha value is -2.44. The summed E-state index contributed by atoms with van der Waals surface area (Å²) in [6, 6.07) is 13.2. The predicted octanol–water partition coefficient (Wildman–Crippen LogP) is 5.85. The number of amidine groups is 1. The van der Waals surface area contributed by atoms with Crippen LogP contribution in [0.4, 0.5) is 0 Å². The van der Waals surface area contributed by atoms with Crippen molar-refractivity contribution < 1.29 is 9.32 Å². The number of nitrogens with one attached hydrogen (secondary N) is 1. The van der Waals surface area contributed by atoms with Crippen LogP contribution in [-0.2, 0) is 0 Å². The lowest BCUT2D eigenvalue weighted by Gasteiger charge is -2.18. The van der Waals surface area contributed by atoms with Crippen LogP contribution in [0.1, 0.15) is 53.1 Å². The summed E-state index contributed by atoms with van der Waals surface area (Å²) < 4.78 is 6.12. The van der Waals surface area contributed by atoms with E-state index in [9.17, 15) is 4.79 Å². The van der Waals surface area contributed by atoms with Crippen LogP contribution in [0.25, 0.3) is 11.3 Å². The molecule has 1 aromatic carbocycles. The quantitative estimate of drug-likeness (QED) is 0.304. The van der Waals surface area contributed by atoms with Crippen LogP contribution in [0.15, 0.2) is 47.0 Å². The van der Waals surface area contributed by atoms with Crippen molar-refractivity contribution in [1.29, 1.82) is 5.41 Å². The molecule has 0 radical (unpaired) electrons. The number of ketones is 1. The summed E-state index contributed by atoms with van der Waals surface area (Å²) in [5.41, 5.74) is 2.58. The summed E-state index contributed by atoms with van der Waals surface area (Å²) >= 11 is 7.22. The molecule has 3 heterocycles. The summed E-state index contributed by atoms with van der Waals surface area (Å²) in [6.45, 7) is 3.88. The molecule has 0 bridgehead atoms. The van der Waals surface area contributed by atoms with Gasteiger partial charge in [0.1, 0.15) is 17.3 Å². The zero-order chi connectivity index (χ0) is 20.4. The number of carbonyl (C=O) groups is 1. The smallest absolute Gasteiger partial charge is 0.173 e. The number of hydrogen-bond donors (Lipinski definition) is 1. The highest BCUT2D eigenvalue weighted by Crippen LogP contribution is 2.29. The van der Waals surface area contributed by atoms with Crippen molar-refractivity contribution in [2.75, 3.05) is 13.1 Å². The number of carbonyl (C=O) groups excluding carboxylic acids is 1. The Balaban J connectivity index is 1.42. The fourth-order valence-electron chi connectivity index (χ4n) is 3.52. The highest BCUT2D eigenvalue weighted by Gasteiger charge is 2.20. The minimum Gasteiger partial charge on any atom is -0.360 e. The van der Waals surface area contributed by atoms with Gasteiger partial charge in [0.25, 0.3) is 0 Å². The standard InChI is InChI=1S/C22H22ClN3O2S/c1-14(12-18(27)20-8-9-21(23)29-20)19-13-17(25-28-19)15-4-6-16(7-5-15)22(24)26-10-2-3-11-26/h4-9,13-14,24H,2-3,10-12H2,1H3/t14-/m0/s1. The SMILES string of the molecule is C[C@@H](CC(=O)c1ccc(Cl)s1)c1cc(-c2ccc(C(=N)N3CCCC3)cc2)no1. The molecule has 7 heteroatoms. The Morgan fingerprint density at radius 2 is 1.97 bits per heavy atom. The average Bonchev–Trinajstić information content (AvgIpc) is 3.48. The molecule has 1 atom stereocenters. The molecule has 1 fully saturated rings. The highest BCUT2D eigenvalue weighted by atomic mass is 35.5. The van der Waals surface area contributed by atoms with Crippen LogP contribution in [0, 0.1) is 5.41 Å². The number of benzene rings is 1. The maximum absolute atomic E-state index is 12.4. The van der Waals surface area contributed by atoms with Gasteiger partial charge in [0.05, 0.1) is 9.21 Å². The Morgan fingerprint density at radius 3 is 2.62 bits per heavy atom. The molecule has 1 aliphatic rings. The van der Waals surface area contributed by atoms with E-state index in [1.54, 1.807) is 12.1 Å². The molecule has 1 N–H and O–H groups in total. The molecule has 0 spiro atoms. The largest absolute Gasteiger partial charge is 0.360 e. The molecule has 5 nitrogen and oxygen atoms in total. The van der Waals surface area contributed by atoms with Crippen LogP contribution in [0.2, 0.25) is 4.34 Å². The van der Waals surface area contributed by atoms with Crippen molar-refractivity contribution in [2.45, 2.75) is 32.1 Å². The van der Waals surface area contributed by atoms with Gasteiger partial charge in [-0.1, -0.05) is 47.9 Å². The second-order valence-corrected chi connectivity index (χ2v) is 9.08. The van der Waals surface area contributed by atoms with Crippen LogP contribution in [0.5, 0.6) is 0 Å². The second kappa shape index (κ2) is 8.51. The van der Waals surface area contributed by atoms with E-state index in [4.69, 9.17) is 21.5 Å². The molecular weight excluding hydrogens is 406 g/mol. The first-order valence-electron chi connectivity index (χ1n) is 9.70. The fourth-order valence-corrected chi connectivity index (χ4v) is 4.51. The van der Waals surface area contributed by atoms with Gasteiger partial charge in [0.2, 0.25) is 0 Å². The van der Waals surface area contributed by atoms with Crippen LogP contribution >= 0.6 is 22.9 Å². The normalized spacial score (nSPS) is 14.9. The van der Waals surface area contributed by atoms with E-state index < -0.39 is 0 Å². The van der Waals surface area contributed by atoms with Gasteiger partial charge in [-0.15, -0.1) is 11.3 Å². The molecule has 2 aromatic heterocycles. The molecule has 0 amide bonds. The Morgan fingerprint density at radius 1 is 1.24 bits per heavy atom. The Labute approximate surface area is 178 Å². The molecule has 3 aromatic rings. The minimum absolute atomic E-state index is 0.0529. The van der Waals surface area contributed by atoms with Gasteiger partial charge >= 0.3 is 0 Å². The van der Waals surface area contributed by atoms with Gasteiger partial charge in [-0.05, 0) is 25.0 Å². The summed E-state index contributed by atoms with van der Waals surface area (Å²) in [5.74, 6) is 1.24. The zero-order valence-corrected chi connectivity index (χ0v) is 17.7. The maximum atomic E-state index is 12.4. The Kier molecular flexibility index (Phi) is 5.83. The maximum Gasteiger partial charge on any atom is 0.173 e. The minimum atomic E-state index is -0.0766. The highest BCUT2D eigenvalue weighted by molar-refractivity contribution is 7.18. The molecule has 1 aliphatic heterocycles. The van der Waals surface area contributed by atoms with E-state index in [0.717, 1.165) is 42.8 Å². The number of Topliss-reactive ketones (excluding diaryl/α,β-unsaturated/α-hetero) is 1. The topological polar surface area (TPSA) is 70.2 Å². The molecular formula is C22H22ClN3O2S. The molecule has 0 aliphatic carbocycles. The Bertz CT molecular complexity index is 1020. The molecule has 29 heavy (non-hydrogen) atoms. The van der Waals surface area contributed by atoms with E-state index in [1.807, 2.05) is 37.3 Å². The van der Waals surface area contributed by atoms with Gasteiger partial charge in [0.15, 0.2) is 5.78 Å². The lowest BCUT2D eigenvalue weighted by molar-refractivity contribution is 0.0975. The van der Waals surface area contributed by atoms with Gasteiger partial charge < -0.3 is 9.42 Å². The first-order chi connectivity index (χ1) is 14.0. The van der Waals surface area contributed by atoms with E-state index in [-0.39, 0.29) is 11.7 Å².